The Labute approximate surface area is 124 Å². The van der Waals surface area contributed by atoms with E-state index >= 15 is 0 Å². The molecule has 106 valence electrons. The van der Waals surface area contributed by atoms with Crippen LogP contribution >= 0.6 is 0 Å². The van der Waals surface area contributed by atoms with Crippen LogP contribution in [-0.2, 0) is 11.2 Å². The molecule has 4 rings (SSSR count). The van der Waals surface area contributed by atoms with Crippen LogP contribution in [0.25, 0.3) is 0 Å². The van der Waals surface area contributed by atoms with E-state index in [9.17, 15) is 4.79 Å². The first-order chi connectivity index (χ1) is 10.3. The number of nitrogens with one attached hydrogen (secondary N) is 1. The van der Waals surface area contributed by atoms with E-state index in [1.807, 2.05) is 23.1 Å². The fourth-order valence-corrected chi connectivity index (χ4v) is 3.46. The topological polar surface area (TPSA) is 32.3 Å². The maximum atomic E-state index is 12.7. The Morgan fingerprint density at radius 1 is 1.14 bits per heavy atom. The third-order valence-corrected chi connectivity index (χ3v) is 4.55. The minimum Gasteiger partial charge on any atom is -0.384 e. The Hall–Kier alpha value is -2.29. The van der Waals surface area contributed by atoms with Gasteiger partial charge in [0.25, 0.3) is 0 Å². The van der Waals surface area contributed by atoms with Crippen molar-refractivity contribution in [2.75, 3.05) is 23.3 Å². The highest BCUT2D eigenvalue weighted by Crippen LogP contribution is 2.35. The molecule has 0 saturated heterocycles. The molecule has 2 aromatic carbocycles. The maximum Gasteiger partial charge on any atom is 0.227 e. The third kappa shape index (κ3) is 2.09. The third-order valence-electron chi connectivity index (χ3n) is 4.55. The van der Waals surface area contributed by atoms with Gasteiger partial charge in [-0.2, -0.15) is 0 Å². The van der Waals surface area contributed by atoms with Gasteiger partial charge in [-0.15, -0.1) is 0 Å². The summed E-state index contributed by atoms with van der Waals surface area (Å²) in [6.07, 6.45) is 1.56. The standard InChI is InChI=1S/C18H18N2O/c21-18(20-10-9-13-5-1-4-8-17(13)20)11-14-12-19-16-7-3-2-6-15(14)16/h1-8,14,19H,9-12H2. The minimum absolute atomic E-state index is 0.239. The van der Waals surface area contributed by atoms with Gasteiger partial charge in [0.1, 0.15) is 0 Å². The Kier molecular flexibility index (Phi) is 2.92. The van der Waals surface area contributed by atoms with Crippen LogP contribution in [0.2, 0.25) is 0 Å². The second kappa shape index (κ2) is 4.92. The largest absolute Gasteiger partial charge is 0.384 e. The quantitative estimate of drug-likeness (QED) is 0.915. The highest BCUT2D eigenvalue weighted by Gasteiger charge is 2.29. The first-order valence-electron chi connectivity index (χ1n) is 7.54. The lowest BCUT2D eigenvalue weighted by molar-refractivity contribution is -0.118. The number of anilines is 2. The van der Waals surface area contributed by atoms with E-state index < -0.39 is 0 Å². The van der Waals surface area contributed by atoms with Gasteiger partial charge >= 0.3 is 0 Å². The summed E-state index contributed by atoms with van der Waals surface area (Å²) in [4.78, 5) is 14.6. The first-order valence-corrected chi connectivity index (χ1v) is 7.54. The van der Waals surface area contributed by atoms with E-state index in [4.69, 9.17) is 0 Å². The molecule has 3 heteroatoms. The molecule has 0 spiro atoms. The number of amides is 1. The summed E-state index contributed by atoms with van der Waals surface area (Å²) in [5.41, 5.74) is 4.84. The van der Waals surface area contributed by atoms with Crippen molar-refractivity contribution in [2.24, 2.45) is 0 Å². The molecule has 21 heavy (non-hydrogen) atoms. The van der Waals surface area contributed by atoms with E-state index in [0.29, 0.717) is 12.3 Å². The van der Waals surface area contributed by atoms with Crippen LogP contribution in [0, 0.1) is 0 Å². The SMILES string of the molecule is O=C(CC1CNc2ccccc21)N1CCc2ccccc21. The first kappa shape index (κ1) is 12.5. The monoisotopic (exact) mass is 278 g/mol. The van der Waals surface area contributed by atoms with E-state index in [1.165, 1.54) is 16.8 Å². The molecule has 1 unspecified atom stereocenters. The van der Waals surface area contributed by atoms with Crippen LogP contribution in [-0.4, -0.2) is 19.0 Å². The predicted octanol–water partition coefficient (Wildman–Crippen LogP) is 3.18. The normalized spacial score (nSPS) is 19.0. The highest BCUT2D eigenvalue weighted by molar-refractivity contribution is 5.96. The molecule has 2 aliphatic rings. The van der Waals surface area contributed by atoms with Gasteiger partial charge < -0.3 is 10.2 Å². The molecule has 0 fully saturated rings. The number of para-hydroxylation sites is 2. The molecular weight excluding hydrogens is 260 g/mol. The Morgan fingerprint density at radius 3 is 2.90 bits per heavy atom. The van der Waals surface area contributed by atoms with Gasteiger partial charge in [-0.25, -0.2) is 0 Å². The van der Waals surface area contributed by atoms with Crippen LogP contribution in [0.1, 0.15) is 23.5 Å². The minimum atomic E-state index is 0.239. The molecule has 1 amide bonds. The lowest BCUT2D eigenvalue weighted by Crippen LogP contribution is -2.30. The second-order valence-electron chi connectivity index (χ2n) is 5.79. The molecule has 0 saturated carbocycles. The van der Waals surface area contributed by atoms with Gasteiger partial charge in [0.2, 0.25) is 5.91 Å². The Bertz CT molecular complexity index is 695. The van der Waals surface area contributed by atoms with Crippen molar-refractivity contribution in [3.8, 4) is 0 Å². The average Bonchev–Trinajstić information content (AvgIpc) is 3.12. The van der Waals surface area contributed by atoms with E-state index in [1.54, 1.807) is 0 Å². The Balaban J connectivity index is 1.53. The van der Waals surface area contributed by atoms with Gasteiger partial charge in [-0.05, 0) is 29.7 Å². The van der Waals surface area contributed by atoms with E-state index in [-0.39, 0.29) is 5.91 Å². The number of benzene rings is 2. The fourth-order valence-electron chi connectivity index (χ4n) is 3.46. The number of fused-ring (bicyclic) bond motifs is 2. The second-order valence-corrected chi connectivity index (χ2v) is 5.79. The van der Waals surface area contributed by atoms with Gasteiger partial charge in [0.05, 0.1) is 0 Å². The van der Waals surface area contributed by atoms with Gasteiger partial charge in [0, 0.05) is 36.8 Å². The summed E-state index contributed by atoms with van der Waals surface area (Å²) in [6, 6.07) is 16.5. The number of hydrogen-bond donors (Lipinski definition) is 1. The van der Waals surface area contributed by atoms with E-state index in [2.05, 4.69) is 35.6 Å². The number of carbonyl (C=O) groups is 1. The van der Waals surface area contributed by atoms with Crippen LogP contribution < -0.4 is 10.2 Å². The van der Waals surface area contributed by atoms with Crippen molar-refractivity contribution < 1.29 is 4.79 Å². The zero-order valence-corrected chi connectivity index (χ0v) is 11.9. The maximum absolute atomic E-state index is 12.7. The molecule has 1 N–H and O–H groups in total. The summed E-state index contributed by atoms with van der Waals surface area (Å²) in [5.74, 6) is 0.532. The molecule has 0 radical (unpaired) electrons. The molecule has 2 aromatic rings. The van der Waals surface area contributed by atoms with Crippen molar-refractivity contribution in [3.05, 3.63) is 59.7 Å². The highest BCUT2D eigenvalue weighted by atomic mass is 16.2. The zero-order valence-electron chi connectivity index (χ0n) is 11.9. The van der Waals surface area contributed by atoms with Crippen molar-refractivity contribution in [2.45, 2.75) is 18.8 Å². The average molecular weight is 278 g/mol. The smallest absolute Gasteiger partial charge is 0.227 e. The molecular formula is C18H18N2O. The van der Waals surface area contributed by atoms with Gasteiger partial charge in [0.15, 0.2) is 0 Å². The van der Waals surface area contributed by atoms with Gasteiger partial charge in [-0.3, -0.25) is 4.79 Å². The molecule has 3 nitrogen and oxygen atoms in total. The number of carbonyl (C=O) groups excluding carboxylic acids is 1. The van der Waals surface area contributed by atoms with Crippen LogP contribution in [0.3, 0.4) is 0 Å². The molecule has 0 bridgehead atoms. The predicted molar refractivity (Wildman–Crippen MR) is 84.8 cm³/mol. The van der Waals surface area contributed by atoms with Crippen molar-refractivity contribution in [3.63, 3.8) is 0 Å². The molecule has 1 atom stereocenters. The van der Waals surface area contributed by atoms with Crippen molar-refractivity contribution in [1.29, 1.82) is 0 Å². The van der Waals surface area contributed by atoms with Crippen molar-refractivity contribution in [1.82, 2.24) is 0 Å². The lowest BCUT2D eigenvalue weighted by Gasteiger charge is -2.19. The summed E-state index contributed by atoms with van der Waals surface area (Å²) in [7, 11) is 0. The molecule has 2 aliphatic heterocycles. The summed E-state index contributed by atoms with van der Waals surface area (Å²) >= 11 is 0. The number of hydrogen-bond acceptors (Lipinski definition) is 2. The number of rotatable bonds is 2. The van der Waals surface area contributed by atoms with Crippen LogP contribution in [0.15, 0.2) is 48.5 Å². The summed E-state index contributed by atoms with van der Waals surface area (Å²) < 4.78 is 0. The summed E-state index contributed by atoms with van der Waals surface area (Å²) in [5, 5.41) is 3.39. The van der Waals surface area contributed by atoms with Crippen LogP contribution in [0.5, 0.6) is 0 Å². The van der Waals surface area contributed by atoms with Crippen LogP contribution in [0.4, 0.5) is 11.4 Å². The molecule has 0 aliphatic carbocycles. The number of nitrogens with zero attached hydrogens (tertiary/aromatic N) is 1. The van der Waals surface area contributed by atoms with Gasteiger partial charge in [-0.1, -0.05) is 36.4 Å². The lowest BCUT2D eigenvalue weighted by atomic mass is 9.97. The Morgan fingerprint density at radius 2 is 1.95 bits per heavy atom. The fraction of sp³-hybridized carbons (Fsp3) is 0.278. The van der Waals surface area contributed by atoms with E-state index in [0.717, 1.165) is 25.2 Å². The molecule has 0 aromatic heterocycles. The summed E-state index contributed by atoms with van der Waals surface area (Å²) in [6.45, 7) is 1.68. The van der Waals surface area contributed by atoms with Crippen molar-refractivity contribution >= 4 is 17.3 Å². The zero-order chi connectivity index (χ0) is 14.2. The molecule has 2 heterocycles.